The van der Waals surface area contributed by atoms with Crippen molar-refractivity contribution in [3.8, 4) is 0 Å². The Hall–Kier alpha value is -2.15. The molecule has 0 unspecified atom stereocenters. The molecule has 1 aliphatic rings. The zero-order valence-corrected chi connectivity index (χ0v) is 13.0. The average Bonchev–Trinajstić information content (AvgIpc) is 3.06. The Kier molecular flexibility index (Phi) is 3.98. The lowest BCUT2D eigenvalue weighted by molar-refractivity contribution is -0.117. The number of carbonyl (C=O) groups is 2. The number of nitrogens with one attached hydrogen (secondary N) is 1. The fourth-order valence-electron chi connectivity index (χ4n) is 2.37. The molecule has 0 aliphatic carbocycles. The van der Waals surface area contributed by atoms with Crippen LogP contribution >= 0.6 is 15.9 Å². The van der Waals surface area contributed by atoms with Gasteiger partial charge < -0.3 is 14.6 Å². The molecule has 0 bridgehead atoms. The van der Waals surface area contributed by atoms with Crippen molar-refractivity contribution in [1.82, 2.24) is 5.32 Å². The average molecular weight is 367 g/mol. The fourth-order valence-corrected chi connectivity index (χ4v) is 2.67. The van der Waals surface area contributed by atoms with Crippen LogP contribution in [0.25, 0.3) is 0 Å². The number of nitrogens with zero attached hydrogens (tertiary/aromatic N) is 1. The van der Waals surface area contributed by atoms with E-state index < -0.39 is 0 Å². The summed E-state index contributed by atoms with van der Waals surface area (Å²) in [6.45, 7) is 0.345. The molecule has 1 aromatic carbocycles. The zero-order chi connectivity index (χ0) is 15.7. The molecule has 1 fully saturated rings. The SMILES string of the molecule is O=C(N[C@@H]1CC(=O)N(c2ccc(F)cc2)C1)c1ccc(Br)o1. The van der Waals surface area contributed by atoms with Crippen molar-refractivity contribution in [2.24, 2.45) is 0 Å². The Morgan fingerprint density at radius 2 is 2.00 bits per heavy atom. The van der Waals surface area contributed by atoms with Gasteiger partial charge in [-0.1, -0.05) is 0 Å². The van der Waals surface area contributed by atoms with Crippen LogP contribution in [0.15, 0.2) is 45.5 Å². The highest BCUT2D eigenvalue weighted by Crippen LogP contribution is 2.22. The van der Waals surface area contributed by atoms with E-state index in [1.165, 1.54) is 17.0 Å². The van der Waals surface area contributed by atoms with Gasteiger partial charge in [-0.2, -0.15) is 0 Å². The van der Waals surface area contributed by atoms with Gasteiger partial charge in [0.05, 0.1) is 6.04 Å². The van der Waals surface area contributed by atoms with Crippen molar-refractivity contribution in [2.75, 3.05) is 11.4 Å². The molecule has 0 spiro atoms. The van der Waals surface area contributed by atoms with Gasteiger partial charge >= 0.3 is 0 Å². The van der Waals surface area contributed by atoms with E-state index in [0.29, 0.717) is 16.9 Å². The molecular formula is C15H12BrFN2O3. The van der Waals surface area contributed by atoms with Gasteiger partial charge in [0.15, 0.2) is 10.4 Å². The van der Waals surface area contributed by atoms with E-state index in [9.17, 15) is 14.0 Å². The lowest BCUT2D eigenvalue weighted by Crippen LogP contribution is -2.37. The molecule has 2 heterocycles. The summed E-state index contributed by atoms with van der Waals surface area (Å²) in [5, 5.41) is 2.76. The van der Waals surface area contributed by atoms with Crippen molar-refractivity contribution in [3.63, 3.8) is 0 Å². The number of anilines is 1. The first-order valence-corrected chi connectivity index (χ1v) is 7.44. The largest absolute Gasteiger partial charge is 0.444 e. The number of benzene rings is 1. The topological polar surface area (TPSA) is 62.6 Å². The van der Waals surface area contributed by atoms with Crippen molar-refractivity contribution < 1.29 is 18.4 Å². The van der Waals surface area contributed by atoms with Crippen LogP contribution in [-0.4, -0.2) is 24.4 Å². The highest BCUT2D eigenvalue weighted by molar-refractivity contribution is 9.10. The molecule has 1 aliphatic heterocycles. The second kappa shape index (κ2) is 5.92. The summed E-state index contributed by atoms with van der Waals surface area (Å²) in [5.74, 6) is -0.662. The molecule has 1 atom stereocenters. The number of carbonyl (C=O) groups excluding carboxylic acids is 2. The number of amides is 2. The summed E-state index contributed by atoms with van der Waals surface area (Å²) in [7, 11) is 0. The highest BCUT2D eigenvalue weighted by Gasteiger charge is 2.32. The molecule has 0 saturated carbocycles. The Balaban J connectivity index is 1.67. The van der Waals surface area contributed by atoms with Crippen molar-refractivity contribution in [1.29, 1.82) is 0 Å². The van der Waals surface area contributed by atoms with Gasteiger partial charge in [0.1, 0.15) is 5.82 Å². The Bertz CT molecular complexity index is 714. The molecule has 0 radical (unpaired) electrons. The lowest BCUT2D eigenvalue weighted by atomic mass is 10.2. The normalized spacial score (nSPS) is 17.8. The first-order valence-electron chi connectivity index (χ1n) is 6.65. The number of halogens is 2. The quantitative estimate of drug-likeness (QED) is 0.908. The third-order valence-corrected chi connectivity index (χ3v) is 3.82. The molecule has 114 valence electrons. The minimum atomic E-state index is -0.371. The third-order valence-electron chi connectivity index (χ3n) is 3.40. The minimum absolute atomic E-state index is 0.113. The van der Waals surface area contributed by atoms with Gasteiger partial charge in [-0.05, 0) is 52.3 Å². The van der Waals surface area contributed by atoms with E-state index in [4.69, 9.17) is 4.42 Å². The van der Waals surface area contributed by atoms with Gasteiger partial charge in [-0.25, -0.2) is 4.39 Å². The second-order valence-electron chi connectivity index (χ2n) is 4.96. The smallest absolute Gasteiger partial charge is 0.287 e. The van der Waals surface area contributed by atoms with Gasteiger partial charge in [-0.3, -0.25) is 9.59 Å². The molecule has 22 heavy (non-hydrogen) atoms. The van der Waals surface area contributed by atoms with Gasteiger partial charge in [0, 0.05) is 18.7 Å². The van der Waals surface area contributed by atoms with Crippen molar-refractivity contribution in [3.05, 3.63) is 52.6 Å². The molecule has 2 amide bonds. The molecule has 2 aromatic rings. The van der Waals surface area contributed by atoms with E-state index in [2.05, 4.69) is 21.2 Å². The fraction of sp³-hybridized carbons (Fsp3) is 0.200. The summed E-state index contributed by atoms with van der Waals surface area (Å²) in [6, 6.07) is 8.55. The van der Waals surface area contributed by atoms with Crippen molar-refractivity contribution >= 4 is 33.4 Å². The highest BCUT2D eigenvalue weighted by atomic mass is 79.9. The van der Waals surface area contributed by atoms with E-state index >= 15 is 0 Å². The van der Waals surface area contributed by atoms with Crippen LogP contribution in [0.4, 0.5) is 10.1 Å². The maximum absolute atomic E-state index is 12.9. The molecule has 5 nitrogen and oxygen atoms in total. The standard InChI is InChI=1S/C15H12BrFN2O3/c16-13-6-5-12(22-13)15(21)18-10-7-14(20)19(8-10)11-3-1-9(17)2-4-11/h1-6,10H,7-8H2,(H,18,21)/t10-/m1/s1. The molecule has 3 rings (SSSR count). The predicted octanol–water partition coefficient (Wildman–Crippen LogP) is 2.72. The van der Waals surface area contributed by atoms with Crippen LogP contribution in [0.2, 0.25) is 0 Å². The molecular weight excluding hydrogens is 355 g/mol. The molecule has 1 N–H and O–H groups in total. The van der Waals surface area contributed by atoms with Crippen LogP contribution in [0.3, 0.4) is 0 Å². The molecule has 1 saturated heterocycles. The van der Waals surface area contributed by atoms with Crippen LogP contribution in [0.1, 0.15) is 17.0 Å². The van der Waals surface area contributed by atoms with Crippen LogP contribution < -0.4 is 10.2 Å². The predicted molar refractivity (Wildman–Crippen MR) is 81.0 cm³/mol. The van der Waals surface area contributed by atoms with Crippen molar-refractivity contribution in [2.45, 2.75) is 12.5 Å². The summed E-state index contributed by atoms with van der Waals surface area (Å²) in [4.78, 5) is 25.6. The number of hydrogen-bond acceptors (Lipinski definition) is 3. The Morgan fingerprint density at radius 1 is 1.27 bits per heavy atom. The first-order chi connectivity index (χ1) is 10.5. The number of rotatable bonds is 3. The first kappa shape index (κ1) is 14.8. The van der Waals surface area contributed by atoms with Crippen LogP contribution in [0.5, 0.6) is 0 Å². The minimum Gasteiger partial charge on any atom is -0.444 e. The second-order valence-corrected chi connectivity index (χ2v) is 5.74. The van der Waals surface area contributed by atoms with E-state index in [-0.39, 0.29) is 35.9 Å². The van der Waals surface area contributed by atoms with Crippen LogP contribution in [0, 0.1) is 5.82 Å². The number of hydrogen-bond donors (Lipinski definition) is 1. The number of furan rings is 1. The Labute approximate surface area is 134 Å². The summed E-state index contributed by atoms with van der Waals surface area (Å²) in [6.07, 6.45) is 0.199. The van der Waals surface area contributed by atoms with E-state index in [0.717, 1.165) is 0 Å². The van der Waals surface area contributed by atoms with Gasteiger partial charge in [0.25, 0.3) is 5.91 Å². The monoisotopic (exact) mass is 366 g/mol. The summed E-state index contributed by atoms with van der Waals surface area (Å²) < 4.78 is 18.6. The van der Waals surface area contributed by atoms with E-state index in [1.807, 2.05) is 0 Å². The molecule has 1 aromatic heterocycles. The van der Waals surface area contributed by atoms with Gasteiger partial charge in [-0.15, -0.1) is 0 Å². The van der Waals surface area contributed by atoms with Crippen LogP contribution in [-0.2, 0) is 4.79 Å². The maximum Gasteiger partial charge on any atom is 0.287 e. The zero-order valence-electron chi connectivity index (χ0n) is 11.4. The third kappa shape index (κ3) is 3.04. The summed E-state index contributed by atoms with van der Waals surface area (Å²) in [5.41, 5.74) is 0.615. The Morgan fingerprint density at radius 3 is 2.64 bits per heavy atom. The maximum atomic E-state index is 12.9. The lowest BCUT2D eigenvalue weighted by Gasteiger charge is -2.17. The summed E-state index contributed by atoms with van der Waals surface area (Å²) >= 11 is 3.13. The molecule has 7 heteroatoms. The van der Waals surface area contributed by atoms with E-state index in [1.54, 1.807) is 24.3 Å². The van der Waals surface area contributed by atoms with Gasteiger partial charge in [0.2, 0.25) is 5.91 Å².